The second-order valence-corrected chi connectivity index (χ2v) is 5.76. The number of aromatic nitrogens is 2. The quantitative estimate of drug-likeness (QED) is 0.583. The number of carbonyl (C=O) groups is 1. The molecule has 7 nitrogen and oxygen atoms in total. The van der Waals surface area contributed by atoms with E-state index in [2.05, 4.69) is 41.2 Å². The number of urea groups is 1. The molecule has 0 saturated heterocycles. The van der Waals surface area contributed by atoms with Crippen molar-refractivity contribution in [3.8, 4) is 0 Å². The van der Waals surface area contributed by atoms with Crippen LogP contribution in [0.15, 0.2) is 21.5 Å². The first-order chi connectivity index (χ1) is 10.7. The number of hydrogen-bond donors (Lipinski definition) is 4. The summed E-state index contributed by atoms with van der Waals surface area (Å²) >= 11 is 3.73. The minimum atomic E-state index is -4.62. The van der Waals surface area contributed by atoms with Crippen molar-refractivity contribution in [2.45, 2.75) is 6.18 Å². The van der Waals surface area contributed by atoms with Crippen molar-refractivity contribution in [1.29, 1.82) is 0 Å². The van der Waals surface area contributed by atoms with Crippen LogP contribution in [0.5, 0.6) is 0 Å². The number of carbonyl (C=O) groups excluding carboxylic acids is 1. The number of nitrogens with zero attached hydrogens (tertiary/aromatic N) is 1. The minimum Gasteiger partial charge on any atom is -0.344 e. The number of halogens is 4. The molecule has 2 heterocycles. The molecule has 0 atom stereocenters. The van der Waals surface area contributed by atoms with Crippen LogP contribution in [0.1, 0.15) is 5.69 Å². The summed E-state index contributed by atoms with van der Waals surface area (Å²) in [5, 5.41) is 7.37. The zero-order valence-corrected chi connectivity index (χ0v) is 13.7. The zero-order chi connectivity index (χ0) is 17.2. The van der Waals surface area contributed by atoms with Crippen LogP contribution in [0.4, 0.5) is 34.3 Å². The monoisotopic (exact) mass is 411 g/mol. The number of pyridine rings is 1. The lowest BCUT2D eigenvalue weighted by molar-refractivity contribution is -0.141. The fourth-order valence-corrected chi connectivity index (χ4v) is 2.67. The van der Waals surface area contributed by atoms with E-state index in [0.717, 1.165) is 17.6 Å². The number of H-pyrrole nitrogens is 1. The summed E-state index contributed by atoms with van der Waals surface area (Å²) in [7, 11) is 1.36. The van der Waals surface area contributed by atoms with Crippen LogP contribution in [0.25, 0.3) is 0 Å². The van der Waals surface area contributed by atoms with E-state index in [0.29, 0.717) is 0 Å². The van der Waals surface area contributed by atoms with Gasteiger partial charge in [-0.2, -0.15) is 13.2 Å². The van der Waals surface area contributed by atoms with E-state index in [9.17, 15) is 22.8 Å². The average molecular weight is 412 g/mol. The molecule has 2 aromatic heterocycles. The van der Waals surface area contributed by atoms with Crippen LogP contribution in [0.2, 0.25) is 0 Å². The molecule has 0 spiro atoms. The van der Waals surface area contributed by atoms with Gasteiger partial charge in [-0.05, 0) is 39.6 Å². The number of hydrogen-bond acceptors (Lipinski definition) is 5. The van der Waals surface area contributed by atoms with Crippen molar-refractivity contribution in [3.05, 3.63) is 32.8 Å². The fraction of sp³-hybridized carbons (Fsp3) is 0.182. The van der Waals surface area contributed by atoms with Crippen molar-refractivity contribution in [2.24, 2.45) is 0 Å². The van der Waals surface area contributed by atoms with Gasteiger partial charge in [-0.3, -0.25) is 9.17 Å². The predicted octanol–water partition coefficient (Wildman–Crippen LogP) is 3.11. The molecule has 2 aromatic rings. The maximum Gasteiger partial charge on any atom is 0.433 e. The highest BCUT2D eigenvalue weighted by Gasteiger charge is 2.33. The molecule has 0 aliphatic heterocycles. The lowest BCUT2D eigenvalue weighted by Gasteiger charge is -2.11. The second-order valence-electron chi connectivity index (χ2n) is 4.13. The van der Waals surface area contributed by atoms with Crippen molar-refractivity contribution >= 4 is 49.9 Å². The van der Waals surface area contributed by atoms with Crippen LogP contribution in [-0.2, 0) is 6.18 Å². The first-order valence-electron chi connectivity index (χ1n) is 5.92. The summed E-state index contributed by atoms with van der Waals surface area (Å²) in [6.45, 7) is 0. The van der Waals surface area contributed by atoms with Crippen molar-refractivity contribution < 1.29 is 18.0 Å². The molecule has 2 rings (SSSR count). The van der Waals surface area contributed by atoms with Gasteiger partial charge in [0.2, 0.25) is 0 Å². The van der Waals surface area contributed by atoms with Gasteiger partial charge in [0.25, 0.3) is 5.56 Å². The largest absolute Gasteiger partial charge is 0.433 e. The van der Waals surface area contributed by atoms with E-state index >= 15 is 0 Å². The van der Waals surface area contributed by atoms with Gasteiger partial charge in [0.1, 0.15) is 21.0 Å². The van der Waals surface area contributed by atoms with Crippen molar-refractivity contribution in [2.75, 3.05) is 17.7 Å². The van der Waals surface area contributed by atoms with Gasteiger partial charge in [0.15, 0.2) is 0 Å². The van der Waals surface area contributed by atoms with Crippen LogP contribution >= 0.6 is 27.5 Å². The Labute approximate surface area is 139 Å². The van der Waals surface area contributed by atoms with Gasteiger partial charge in [-0.25, -0.2) is 9.78 Å². The Morgan fingerprint density at radius 1 is 1.39 bits per heavy atom. The number of anilines is 3. The van der Waals surface area contributed by atoms with Crippen LogP contribution in [-0.4, -0.2) is 22.4 Å². The molecule has 0 aliphatic carbocycles. The number of rotatable bonds is 3. The molecular weight excluding hydrogens is 403 g/mol. The lowest BCUT2D eigenvalue weighted by atomic mass is 10.3. The van der Waals surface area contributed by atoms with Gasteiger partial charge >= 0.3 is 12.2 Å². The summed E-state index contributed by atoms with van der Waals surface area (Å²) < 4.78 is 40.6. The maximum absolute atomic E-state index is 12.8. The third-order valence-electron chi connectivity index (χ3n) is 2.51. The van der Waals surface area contributed by atoms with Crippen LogP contribution in [0, 0.1) is 0 Å². The maximum atomic E-state index is 12.8. The van der Waals surface area contributed by atoms with E-state index in [1.807, 2.05) is 0 Å². The molecule has 0 fully saturated rings. The molecule has 23 heavy (non-hydrogen) atoms. The van der Waals surface area contributed by atoms with E-state index < -0.39 is 23.5 Å². The Morgan fingerprint density at radius 2 is 2.09 bits per heavy atom. The fourth-order valence-electron chi connectivity index (χ4n) is 1.53. The predicted molar refractivity (Wildman–Crippen MR) is 83.2 cm³/mol. The van der Waals surface area contributed by atoms with E-state index in [1.54, 1.807) is 0 Å². The Kier molecular flexibility index (Phi) is 4.94. The van der Waals surface area contributed by atoms with Crippen molar-refractivity contribution in [1.82, 2.24) is 14.7 Å². The number of aromatic amines is 1. The average Bonchev–Trinajstić information content (AvgIpc) is 2.78. The van der Waals surface area contributed by atoms with Gasteiger partial charge in [0, 0.05) is 12.7 Å². The molecule has 12 heteroatoms. The van der Waals surface area contributed by atoms with Gasteiger partial charge in [-0.15, -0.1) is 0 Å². The highest BCUT2D eigenvalue weighted by atomic mass is 79.9. The standard InChI is InChI=1S/C11H9BrF3N5O2S/c1-16-10(22)19-7-8(21)20-23-9(7)17-4-2-5(11(13,14)15)18-6(12)3-4/h2-3H,1H3,(H,17,18)(H,20,21)(H2,16,19,22). The van der Waals surface area contributed by atoms with E-state index in [4.69, 9.17) is 0 Å². The van der Waals surface area contributed by atoms with E-state index in [1.165, 1.54) is 13.1 Å². The SMILES string of the molecule is CNC(=O)Nc1c(Nc2cc(Br)nc(C(F)(F)F)c2)s[nH]c1=O. The minimum absolute atomic E-state index is 0.0291. The normalized spacial score (nSPS) is 11.2. The molecule has 0 bridgehead atoms. The lowest BCUT2D eigenvalue weighted by Crippen LogP contribution is -2.27. The smallest absolute Gasteiger partial charge is 0.344 e. The Morgan fingerprint density at radius 3 is 2.70 bits per heavy atom. The molecular formula is C11H9BrF3N5O2S. The highest BCUT2D eigenvalue weighted by molar-refractivity contribution is 9.10. The summed E-state index contributed by atoms with van der Waals surface area (Å²) in [5.41, 5.74) is -1.73. The topological polar surface area (TPSA) is 98.9 Å². The van der Waals surface area contributed by atoms with E-state index in [-0.39, 0.29) is 21.0 Å². The number of alkyl halides is 3. The van der Waals surface area contributed by atoms with Gasteiger partial charge < -0.3 is 16.0 Å². The molecule has 0 aliphatic rings. The zero-order valence-electron chi connectivity index (χ0n) is 11.3. The molecule has 0 aromatic carbocycles. The number of amides is 2. The van der Waals surface area contributed by atoms with Gasteiger partial charge in [0.05, 0.1) is 0 Å². The van der Waals surface area contributed by atoms with Crippen molar-refractivity contribution in [3.63, 3.8) is 0 Å². The molecule has 0 radical (unpaired) electrons. The van der Waals surface area contributed by atoms with Gasteiger partial charge in [-0.1, -0.05) is 0 Å². The Balaban J connectivity index is 2.35. The summed E-state index contributed by atoms with van der Waals surface area (Å²) in [4.78, 5) is 26.3. The third kappa shape index (κ3) is 4.22. The molecule has 124 valence electrons. The molecule has 0 saturated carbocycles. The summed E-state index contributed by atoms with van der Waals surface area (Å²) in [6.07, 6.45) is -4.62. The summed E-state index contributed by atoms with van der Waals surface area (Å²) in [6, 6.07) is 1.46. The number of nitrogens with one attached hydrogen (secondary N) is 4. The molecule has 2 amide bonds. The first-order valence-corrected chi connectivity index (χ1v) is 7.53. The molecule has 4 N–H and O–H groups in total. The Bertz CT molecular complexity index is 789. The Hall–Kier alpha value is -2.08. The summed E-state index contributed by atoms with van der Waals surface area (Å²) in [5.74, 6) is 0. The van der Waals surface area contributed by atoms with Crippen LogP contribution < -0.4 is 21.5 Å². The van der Waals surface area contributed by atoms with Crippen LogP contribution in [0.3, 0.4) is 0 Å². The first kappa shape index (κ1) is 17.3. The molecule has 0 unspecified atom stereocenters. The second kappa shape index (κ2) is 6.58. The third-order valence-corrected chi connectivity index (χ3v) is 3.71. The highest BCUT2D eigenvalue weighted by Crippen LogP contribution is 2.33.